The second kappa shape index (κ2) is 13.1. The Hall–Kier alpha value is -2.36. The van der Waals surface area contributed by atoms with Crippen LogP contribution in [0.5, 0.6) is 0 Å². The molecule has 0 radical (unpaired) electrons. The summed E-state index contributed by atoms with van der Waals surface area (Å²) in [7, 11) is 0. The number of amides is 2. The van der Waals surface area contributed by atoms with Crippen molar-refractivity contribution < 1.29 is 32.2 Å². The number of ether oxygens (including phenoxy) is 2. The maximum atomic E-state index is 14.0. The van der Waals surface area contributed by atoms with E-state index in [1.54, 1.807) is 47.0 Å². The summed E-state index contributed by atoms with van der Waals surface area (Å²) >= 11 is 12.7. The molecule has 220 valence electrons. The molecule has 2 amide bonds. The average Bonchev–Trinajstić information content (AvgIpc) is 3.23. The Bertz CT molecular complexity index is 1190. The molecule has 3 rings (SSSR count). The summed E-state index contributed by atoms with van der Waals surface area (Å²) < 4.78 is 49.8. The predicted octanol–water partition coefficient (Wildman–Crippen LogP) is 9.94. The molecular formula is C29H34Cl2F3NO4S. The highest BCUT2D eigenvalue weighted by molar-refractivity contribution is 8.03. The number of halogens is 5. The highest BCUT2D eigenvalue weighted by atomic mass is 35.5. The summed E-state index contributed by atoms with van der Waals surface area (Å²) in [6, 6.07) is 11.8. The van der Waals surface area contributed by atoms with Crippen LogP contribution >= 0.6 is 35.0 Å². The molecule has 2 aromatic rings. The lowest BCUT2D eigenvalue weighted by molar-refractivity contribution is -0.160. The van der Waals surface area contributed by atoms with Crippen molar-refractivity contribution in [3.63, 3.8) is 0 Å². The molecule has 0 aromatic heterocycles. The van der Waals surface area contributed by atoms with E-state index in [0.29, 0.717) is 5.57 Å². The summed E-state index contributed by atoms with van der Waals surface area (Å²) in [4.78, 5) is 22.2. The van der Waals surface area contributed by atoms with Crippen molar-refractivity contribution in [2.24, 2.45) is 0 Å². The van der Waals surface area contributed by atoms with E-state index in [0.717, 1.165) is 29.3 Å². The molecule has 0 aliphatic carbocycles. The number of carbonyl (C=O) groups is 2. The smallest absolute Gasteiger partial charge is 0.417 e. The fourth-order valence-corrected chi connectivity index (χ4v) is 5.34. The number of hydrogen-bond acceptors (Lipinski definition) is 5. The first-order chi connectivity index (χ1) is 18.2. The van der Waals surface area contributed by atoms with Crippen LogP contribution < -0.4 is 5.32 Å². The Morgan fingerprint density at radius 3 is 1.77 bits per heavy atom. The minimum Gasteiger partial charge on any atom is -0.443 e. The van der Waals surface area contributed by atoms with Gasteiger partial charge in [-0.3, -0.25) is 0 Å². The normalized spacial score (nSPS) is 17.4. The number of imide groups is 1. The molecule has 0 saturated carbocycles. The van der Waals surface area contributed by atoms with Crippen molar-refractivity contribution in [2.45, 2.75) is 83.4 Å². The van der Waals surface area contributed by atoms with Crippen molar-refractivity contribution in [1.29, 1.82) is 0 Å². The number of alkyl halides is 3. The van der Waals surface area contributed by atoms with Gasteiger partial charge in [-0.1, -0.05) is 54.4 Å². The van der Waals surface area contributed by atoms with Crippen LogP contribution in [-0.4, -0.2) is 29.6 Å². The van der Waals surface area contributed by atoms with Crippen LogP contribution in [0, 0.1) is 0 Å². The Morgan fingerprint density at radius 1 is 0.900 bits per heavy atom. The number of allylic oxidation sites excluding steroid dienone is 1. The van der Waals surface area contributed by atoms with Gasteiger partial charge in [0.15, 0.2) is 0 Å². The first kappa shape index (κ1) is 33.8. The Labute approximate surface area is 247 Å². The Balaban J connectivity index is 0.000000323. The van der Waals surface area contributed by atoms with E-state index in [1.165, 1.54) is 18.2 Å². The number of hydrogen-bond donors (Lipinski definition) is 1. The van der Waals surface area contributed by atoms with Gasteiger partial charge in [0.25, 0.3) is 0 Å². The van der Waals surface area contributed by atoms with Gasteiger partial charge in [0.2, 0.25) is 0 Å². The third kappa shape index (κ3) is 9.93. The Kier molecular flexibility index (Phi) is 11.1. The average molecular weight is 621 g/mol. The zero-order chi connectivity index (χ0) is 30.5. The molecule has 2 aromatic carbocycles. The van der Waals surface area contributed by atoms with Crippen molar-refractivity contribution in [3.8, 4) is 0 Å². The number of benzene rings is 2. The lowest BCUT2D eigenvalue weighted by Crippen LogP contribution is -2.39. The van der Waals surface area contributed by atoms with E-state index < -0.39 is 34.3 Å². The summed E-state index contributed by atoms with van der Waals surface area (Å²) in [5.41, 5.74) is 1.45. The van der Waals surface area contributed by atoms with Crippen LogP contribution in [0.25, 0.3) is 5.57 Å². The lowest BCUT2D eigenvalue weighted by atomic mass is 9.88. The molecule has 0 bridgehead atoms. The third-order valence-electron chi connectivity index (χ3n) is 5.36. The fraction of sp³-hybridized carbons (Fsp3) is 0.448. The molecule has 1 aliphatic heterocycles. The summed E-state index contributed by atoms with van der Waals surface area (Å²) in [6.07, 6.45) is -5.31. The van der Waals surface area contributed by atoms with Gasteiger partial charge in [-0.25, -0.2) is 14.9 Å². The van der Waals surface area contributed by atoms with Gasteiger partial charge in [-0.2, -0.15) is 13.2 Å². The van der Waals surface area contributed by atoms with E-state index in [9.17, 15) is 22.8 Å². The first-order valence-electron chi connectivity index (χ1n) is 12.5. The molecule has 11 heteroatoms. The molecule has 40 heavy (non-hydrogen) atoms. The quantitative estimate of drug-likeness (QED) is 0.370. The minimum atomic E-state index is -4.44. The van der Waals surface area contributed by atoms with Crippen LogP contribution in [-0.2, 0) is 20.6 Å². The topological polar surface area (TPSA) is 64.6 Å². The van der Waals surface area contributed by atoms with Crippen LogP contribution in [0.3, 0.4) is 0 Å². The summed E-state index contributed by atoms with van der Waals surface area (Å²) in [5, 5.41) is 3.97. The van der Waals surface area contributed by atoms with E-state index in [-0.39, 0.29) is 22.0 Å². The van der Waals surface area contributed by atoms with Gasteiger partial charge in [-0.05, 0) is 93.8 Å². The van der Waals surface area contributed by atoms with Crippen molar-refractivity contribution in [3.05, 3.63) is 74.6 Å². The molecule has 0 saturated heterocycles. The summed E-state index contributed by atoms with van der Waals surface area (Å²) in [6.45, 7) is 12.3. The number of nitrogens with one attached hydrogen (secondary N) is 1. The maximum absolute atomic E-state index is 14.0. The third-order valence-corrected chi connectivity index (χ3v) is 7.22. The monoisotopic (exact) mass is 619 g/mol. The SMILES string of the molecule is CC(C)(C)OC(=O)NC(=O)OC(C)(C)C.CCc1ccc(C2=CSC(c3cc(Cl)cc(Cl)c3)(C(F)(F)F)C2)cc1. The van der Waals surface area contributed by atoms with Gasteiger partial charge in [0.05, 0.1) is 0 Å². The molecule has 1 N–H and O–H groups in total. The number of thioether (sulfide) groups is 1. The number of aryl methyl sites for hydroxylation is 1. The van der Waals surface area contributed by atoms with Gasteiger partial charge in [-0.15, -0.1) is 11.8 Å². The zero-order valence-electron chi connectivity index (χ0n) is 23.5. The molecule has 1 atom stereocenters. The molecule has 5 nitrogen and oxygen atoms in total. The predicted molar refractivity (Wildman–Crippen MR) is 156 cm³/mol. The van der Waals surface area contributed by atoms with Gasteiger partial charge in [0, 0.05) is 16.5 Å². The standard InChI is InChI=1S/C19H15Cl2F3S.C10H19NO4/c1-2-12-3-5-13(6-4-12)14-10-18(25-11-14,19(22,23)24)15-7-16(20)9-17(21)8-15;1-9(2,3)14-7(12)11-8(13)15-10(4,5)6/h3-9,11H,2,10H2,1H3;1-6H3,(H,11,12,13). The first-order valence-corrected chi connectivity index (χ1v) is 14.1. The maximum Gasteiger partial charge on any atom is 0.417 e. The number of alkyl carbamates (subject to hydrolysis) is 2. The van der Waals surface area contributed by atoms with Crippen LogP contribution in [0.15, 0.2) is 47.9 Å². The molecular weight excluding hydrogens is 586 g/mol. The van der Waals surface area contributed by atoms with E-state index in [1.807, 2.05) is 36.5 Å². The van der Waals surface area contributed by atoms with Crippen molar-refractivity contribution in [2.75, 3.05) is 0 Å². The highest BCUT2D eigenvalue weighted by Gasteiger charge is 2.58. The molecule has 0 spiro atoms. The van der Waals surface area contributed by atoms with Gasteiger partial charge >= 0.3 is 18.4 Å². The lowest BCUT2D eigenvalue weighted by Gasteiger charge is -2.32. The highest BCUT2D eigenvalue weighted by Crippen LogP contribution is 2.60. The van der Waals surface area contributed by atoms with Crippen molar-refractivity contribution >= 4 is 52.7 Å². The number of carbonyl (C=O) groups excluding carboxylic acids is 2. The second-order valence-electron chi connectivity index (χ2n) is 11.1. The molecule has 0 fully saturated rings. The van der Waals surface area contributed by atoms with Crippen LogP contribution in [0.1, 0.15) is 71.6 Å². The molecule has 1 unspecified atom stereocenters. The molecule has 1 aliphatic rings. The zero-order valence-corrected chi connectivity index (χ0v) is 25.8. The Morgan fingerprint density at radius 2 is 1.38 bits per heavy atom. The second-order valence-corrected chi connectivity index (χ2v) is 13.1. The van der Waals surface area contributed by atoms with Crippen molar-refractivity contribution in [1.82, 2.24) is 5.32 Å². The fourth-order valence-electron chi connectivity index (χ4n) is 3.63. The number of rotatable bonds is 3. The van der Waals surface area contributed by atoms with Gasteiger partial charge < -0.3 is 9.47 Å². The van der Waals surface area contributed by atoms with Gasteiger partial charge in [0.1, 0.15) is 15.9 Å². The summed E-state index contributed by atoms with van der Waals surface area (Å²) in [5.74, 6) is 0. The largest absolute Gasteiger partial charge is 0.443 e. The molecule has 1 heterocycles. The van der Waals surface area contributed by atoms with E-state index in [2.05, 4.69) is 0 Å². The minimum absolute atomic E-state index is 0.0823. The van der Waals surface area contributed by atoms with E-state index >= 15 is 0 Å². The van der Waals surface area contributed by atoms with Crippen LogP contribution in [0.2, 0.25) is 10.0 Å². The van der Waals surface area contributed by atoms with E-state index in [4.69, 9.17) is 32.7 Å². The van der Waals surface area contributed by atoms with Crippen LogP contribution in [0.4, 0.5) is 22.8 Å².